The van der Waals surface area contributed by atoms with Crippen molar-refractivity contribution in [3.63, 3.8) is 0 Å². The molecule has 0 fully saturated rings. The number of aromatic amines is 1. The lowest BCUT2D eigenvalue weighted by Crippen LogP contribution is -2.08. The molecule has 0 bridgehead atoms. The quantitative estimate of drug-likeness (QED) is 0.643. The normalized spacial score (nSPS) is 10.7. The maximum atomic E-state index is 11.7. The first-order chi connectivity index (χ1) is 10.1. The highest BCUT2D eigenvalue weighted by molar-refractivity contribution is 5.88. The van der Waals surface area contributed by atoms with E-state index in [1.165, 1.54) is 17.5 Å². The van der Waals surface area contributed by atoms with Crippen molar-refractivity contribution < 1.29 is 0 Å². The monoisotopic (exact) mass is 280 g/mol. The Morgan fingerprint density at radius 3 is 2.95 bits per heavy atom. The highest BCUT2D eigenvalue weighted by Gasteiger charge is 2.05. The third-order valence-corrected chi connectivity index (χ3v) is 3.38. The van der Waals surface area contributed by atoms with Gasteiger partial charge in [-0.05, 0) is 24.6 Å². The zero-order chi connectivity index (χ0) is 14.8. The lowest BCUT2D eigenvalue weighted by molar-refractivity contribution is 1.14. The highest BCUT2D eigenvalue weighted by Crippen LogP contribution is 2.23. The van der Waals surface area contributed by atoms with Crippen molar-refractivity contribution in [1.29, 1.82) is 0 Å². The van der Waals surface area contributed by atoms with Gasteiger partial charge in [0.05, 0.1) is 28.6 Å². The number of anilines is 2. The number of nitrogens with one attached hydrogen (secondary N) is 2. The Hall–Kier alpha value is -2.82. The average Bonchev–Trinajstić information content (AvgIpc) is 2.46. The molecule has 0 aliphatic rings. The van der Waals surface area contributed by atoms with Crippen LogP contribution in [-0.2, 0) is 6.54 Å². The number of H-pyrrole nitrogens is 1. The maximum Gasteiger partial charge on any atom is 0.258 e. The van der Waals surface area contributed by atoms with Gasteiger partial charge < -0.3 is 16.0 Å². The smallest absolute Gasteiger partial charge is 0.258 e. The first kappa shape index (κ1) is 13.2. The van der Waals surface area contributed by atoms with Crippen molar-refractivity contribution in [2.24, 2.45) is 0 Å². The van der Waals surface area contributed by atoms with E-state index < -0.39 is 0 Å². The summed E-state index contributed by atoms with van der Waals surface area (Å²) in [5.74, 6) is 0. The molecule has 0 aliphatic heterocycles. The number of nitrogen functional groups attached to an aromatic ring is 1. The molecule has 0 spiro atoms. The van der Waals surface area contributed by atoms with Crippen LogP contribution >= 0.6 is 0 Å². The van der Waals surface area contributed by atoms with Gasteiger partial charge in [-0.3, -0.25) is 4.79 Å². The van der Waals surface area contributed by atoms with E-state index in [2.05, 4.69) is 40.4 Å². The summed E-state index contributed by atoms with van der Waals surface area (Å²) >= 11 is 0. The molecule has 2 aromatic carbocycles. The van der Waals surface area contributed by atoms with Gasteiger partial charge in [0.25, 0.3) is 5.56 Å². The summed E-state index contributed by atoms with van der Waals surface area (Å²) in [5, 5.41) is 3.79. The Morgan fingerprint density at radius 1 is 1.29 bits per heavy atom. The number of nitrogens with zero attached hydrogens (tertiary/aromatic N) is 1. The summed E-state index contributed by atoms with van der Waals surface area (Å²) < 4.78 is 0. The molecular formula is C16H16N4O. The first-order valence-electron chi connectivity index (χ1n) is 6.70. The Labute approximate surface area is 121 Å². The van der Waals surface area contributed by atoms with Crippen molar-refractivity contribution in [3.05, 3.63) is 64.2 Å². The van der Waals surface area contributed by atoms with Crippen molar-refractivity contribution in [1.82, 2.24) is 9.97 Å². The first-order valence-corrected chi connectivity index (χ1v) is 6.70. The number of aryl methyl sites for hydroxylation is 1. The molecule has 5 nitrogen and oxygen atoms in total. The summed E-state index contributed by atoms with van der Waals surface area (Å²) in [6.45, 7) is 2.73. The van der Waals surface area contributed by atoms with Crippen molar-refractivity contribution >= 4 is 22.3 Å². The lowest BCUT2D eigenvalue weighted by Gasteiger charge is -2.10. The minimum atomic E-state index is -0.183. The van der Waals surface area contributed by atoms with E-state index in [4.69, 9.17) is 5.73 Å². The van der Waals surface area contributed by atoms with Crippen LogP contribution in [0.1, 0.15) is 11.1 Å². The summed E-state index contributed by atoms with van der Waals surface area (Å²) in [7, 11) is 0. The van der Waals surface area contributed by atoms with Crippen LogP contribution in [-0.4, -0.2) is 9.97 Å². The second kappa shape index (κ2) is 5.28. The second-order valence-electron chi connectivity index (χ2n) is 5.03. The van der Waals surface area contributed by atoms with Crippen molar-refractivity contribution in [2.45, 2.75) is 13.5 Å². The molecule has 0 atom stereocenters. The number of rotatable bonds is 3. The van der Waals surface area contributed by atoms with E-state index in [1.807, 2.05) is 6.07 Å². The molecule has 4 N–H and O–H groups in total. The number of fused-ring (bicyclic) bond motifs is 1. The van der Waals surface area contributed by atoms with Crippen LogP contribution in [0.4, 0.5) is 11.4 Å². The molecule has 5 heteroatoms. The van der Waals surface area contributed by atoms with E-state index in [0.29, 0.717) is 23.1 Å². The van der Waals surface area contributed by atoms with Gasteiger partial charge in [0.15, 0.2) is 0 Å². The minimum absolute atomic E-state index is 0.183. The molecule has 3 rings (SSSR count). The predicted octanol–water partition coefficient (Wildman–Crippen LogP) is 2.43. The van der Waals surface area contributed by atoms with Gasteiger partial charge in [-0.2, -0.15) is 0 Å². The molecule has 1 aromatic heterocycles. The Bertz CT molecular complexity index is 854. The van der Waals surface area contributed by atoms with Gasteiger partial charge in [0.2, 0.25) is 0 Å². The minimum Gasteiger partial charge on any atom is -0.397 e. The number of hydrogen-bond donors (Lipinski definition) is 3. The van der Waals surface area contributed by atoms with Gasteiger partial charge in [-0.25, -0.2) is 4.98 Å². The van der Waals surface area contributed by atoms with Crippen molar-refractivity contribution in [2.75, 3.05) is 11.1 Å². The summed E-state index contributed by atoms with van der Waals surface area (Å²) in [6.07, 6.45) is 1.39. The fraction of sp³-hybridized carbons (Fsp3) is 0.125. The molecule has 0 saturated carbocycles. The highest BCUT2D eigenvalue weighted by atomic mass is 16.1. The van der Waals surface area contributed by atoms with E-state index in [1.54, 1.807) is 12.1 Å². The zero-order valence-electron chi connectivity index (χ0n) is 11.7. The van der Waals surface area contributed by atoms with Crippen LogP contribution in [0.15, 0.2) is 47.5 Å². The molecule has 21 heavy (non-hydrogen) atoms. The number of benzene rings is 2. The summed E-state index contributed by atoms with van der Waals surface area (Å²) in [6, 6.07) is 11.7. The Balaban J connectivity index is 1.90. The van der Waals surface area contributed by atoms with Gasteiger partial charge in [0.1, 0.15) is 0 Å². The molecule has 1 heterocycles. The number of nitrogens with two attached hydrogens (primary N) is 1. The number of hydrogen-bond acceptors (Lipinski definition) is 4. The fourth-order valence-electron chi connectivity index (χ4n) is 2.30. The van der Waals surface area contributed by atoms with Crippen LogP contribution in [0.5, 0.6) is 0 Å². The third-order valence-electron chi connectivity index (χ3n) is 3.38. The molecule has 0 aliphatic carbocycles. The average molecular weight is 280 g/mol. The van der Waals surface area contributed by atoms with Crippen LogP contribution in [0.2, 0.25) is 0 Å². The zero-order valence-corrected chi connectivity index (χ0v) is 11.7. The van der Waals surface area contributed by atoms with E-state index in [9.17, 15) is 4.79 Å². The van der Waals surface area contributed by atoms with Crippen LogP contribution < -0.4 is 16.6 Å². The number of aromatic nitrogens is 2. The lowest BCUT2D eigenvalue weighted by atomic mass is 10.1. The van der Waals surface area contributed by atoms with Gasteiger partial charge in [-0.15, -0.1) is 0 Å². The molecule has 0 amide bonds. The second-order valence-corrected chi connectivity index (χ2v) is 5.03. The molecule has 0 saturated heterocycles. The van der Waals surface area contributed by atoms with Crippen LogP contribution in [0.25, 0.3) is 10.9 Å². The summed E-state index contributed by atoms with van der Waals surface area (Å²) in [4.78, 5) is 18.4. The molecule has 106 valence electrons. The Kier molecular flexibility index (Phi) is 3.31. The maximum absolute atomic E-state index is 11.7. The molecular weight excluding hydrogens is 264 g/mol. The summed E-state index contributed by atoms with van der Waals surface area (Å²) in [5.41, 5.74) is 10.2. The topological polar surface area (TPSA) is 83.8 Å². The van der Waals surface area contributed by atoms with Crippen LogP contribution in [0, 0.1) is 6.92 Å². The Morgan fingerprint density at radius 2 is 2.14 bits per heavy atom. The SMILES string of the molecule is Cc1cccc(CNc2cc3nc[nH]c(=O)c3cc2N)c1. The standard InChI is InChI=1S/C16H16N4O/c1-10-3-2-4-11(5-10)8-18-15-7-14-12(6-13(15)17)16(21)20-9-19-14/h2-7,9,18H,8,17H2,1H3,(H,19,20,21). The van der Waals surface area contributed by atoms with Gasteiger partial charge in [0, 0.05) is 6.54 Å². The van der Waals surface area contributed by atoms with Crippen molar-refractivity contribution in [3.8, 4) is 0 Å². The van der Waals surface area contributed by atoms with Gasteiger partial charge >= 0.3 is 0 Å². The molecule has 3 aromatic rings. The fourth-order valence-corrected chi connectivity index (χ4v) is 2.30. The molecule has 0 radical (unpaired) electrons. The van der Waals surface area contributed by atoms with Gasteiger partial charge in [-0.1, -0.05) is 29.8 Å². The predicted molar refractivity (Wildman–Crippen MR) is 85.3 cm³/mol. The van der Waals surface area contributed by atoms with E-state index in [0.717, 1.165) is 5.69 Å². The molecule has 0 unspecified atom stereocenters. The van der Waals surface area contributed by atoms with E-state index >= 15 is 0 Å². The van der Waals surface area contributed by atoms with E-state index in [-0.39, 0.29) is 5.56 Å². The van der Waals surface area contributed by atoms with Crippen LogP contribution in [0.3, 0.4) is 0 Å². The third kappa shape index (κ3) is 2.72. The largest absolute Gasteiger partial charge is 0.397 e.